The molecule has 1 amide bonds. The first-order chi connectivity index (χ1) is 14.8. The molecule has 31 heavy (non-hydrogen) atoms. The fourth-order valence-corrected chi connectivity index (χ4v) is 4.24. The number of H-pyrrole nitrogens is 2. The highest BCUT2D eigenvalue weighted by Gasteiger charge is 2.19. The maximum Gasteiger partial charge on any atom is 0.275 e. The summed E-state index contributed by atoms with van der Waals surface area (Å²) in [6.45, 7) is 8.39. The van der Waals surface area contributed by atoms with E-state index in [1.54, 1.807) is 17.8 Å². The van der Waals surface area contributed by atoms with Gasteiger partial charge in [0.2, 0.25) is 0 Å². The highest BCUT2D eigenvalue weighted by atomic mass is 32.1. The smallest absolute Gasteiger partial charge is 0.275 e. The summed E-state index contributed by atoms with van der Waals surface area (Å²) in [5.41, 5.74) is 5.90. The number of aromatic amines is 2. The van der Waals surface area contributed by atoms with Crippen LogP contribution in [0.2, 0.25) is 0 Å². The standard InChI is InChI=1S/C23H22N6OS/c1-12-26-19(11-31-12)22(30)27-17-7-13(8-18-16(17)10-25-29-18)14-5-6-24-21-15(14)9-20(28-21)23(2,3)4/h5-11H,1-4H3,(H,24,28)(H,25,29)(H,27,30). The number of aryl methyl sites for hydroxylation is 1. The summed E-state index contributed by atoms with van der Waals surface area (Å²) in [7, 11) is 0. The van der Waals surface area contributed by atoms with Gasteiger partial charge in [-0.1, -0.05) is 20.8 Å². The van der Waals surface area contributed by atoms with Crippen molar-refractivity contribution in [1.82, 2.24) is 25.1 Å². The van der Waals surface area contributed by atoms with Crippen molar-refractivity contribution in [3.63, 3.8) is 0 Å². The fraction of sp³-hybridized carbons (Fsp3) is 0.217. The lowest BCUT2D eigenvalue weighted by Crippen LogP contribution is -2.12. The molecule has 5 rings (SSSR count). The molecular weight excluding hydrogens is 408 g/mol. The highest BCUT2D eigenvalue weighted by Crippen LogP contribution is 2.35. The second kappa shape index (κ2) is 7.02. The summed E-state index contributed by atoms with van der Waals surface area (Å²) >= 11 is 1.45. The van der Waals surface area contributed by atoms with Crippen molar-refractivity contribution in [3.8, 4) is 11.1 Å². The van der Waals surface area contributed by atoms with Gasteiger partial charge in [-0.3, -0.25) is 9.89 Å². The van der Waals surface area contributed by atoms with E-state index in [2.05, 4.69) is 57.3 Å². The van der Waals surface area contributed by atoms with Crippen molar-refractivity contribution < 1.29 is 4.79 Å². The van der Waals surface area contributed by atoms with Crippen molar-refractivity contribution in [2.75, 3.05) is 5.32 Å². The van der Waals surface area contributed by atoms with Crippen LogP contribution < -0.4 is 5.32 Å². The summed E-state index contributed by atoms with van der Waals surface area (Å²) in [6.07, 6.45) is 3.52. The Hall–Kier alpha value is -3.52. The Morgan fingerprint density at radius 3 is 2.74 bits per heavy atom. The van der Waals surface area contributed by atoms with Crippen LogP contribution in [0.1, 0.15) is 42.0 Å². The van der Waals surface area contributed by atoms with Crippen molar-refractivity contribution >= 4 is 44.9 Å². The number of aromatic nitrogens is 5. The van der Waals surface area contributed by atoms with Gasteiger partial charge in [-0.15, -0.1) is 11.3 Å². The zero-order valence-corrected chi connectivity index (χ0v) is 18.5. The molecule has 0 radical (unpaired) electrons. The van der Waals surface area contributed by atoms with Gasteiger partial charge in [0.1, 0.15) is 11.3 Å². The SMILES string of the molecule is Cc1nc(C(=O)Nc2cc(-c3ccnc4[nH]c(C(C)(C)C)cc34)cc3[nH]ncc23)cs1. The van der Waals surface area contributed by atoms with Crippen LogP contribution in [0.25, 0.3) is 33.1 Å². The average molecular weight is 431 g/mol. The number of pyridine rings is 1. The molecule has 4 aromatic heterocycles. The number of hydrogen-bond donors (Lipinski definition) is 3. The number of thiazole rings is 1. The van der Waals surface area contributed by atoms with Gasteiger partial charge >= 0.3 is 0 Å². The molecule has 0 aliphatic heterocycles. The molecule has 1 aromatic carbocycles. The van der Waals surface area contributed by atoms with E-state index < -0.39 is 0 Å². The molecule has 5 aromatic rings. The van der Waals surface area contributed by atoms with E-state index in [1.807, 2.05) is 25.1 Å². The van der Waals surface area contributed by atoms with Crippen LogP contribution in [0.3, 0.4) is 0 Å². The number of benzene rings is 1. The van der Waals surface area contributed by atoms with Crippen LogP contribution in [0.4, 0.5) is 5.69 Å². The largest absolute Gasteiger partial charge is 0.343 e. The predicted octanol–water partition coefficient (Wildman–Crippen LogP) is 5.42. The third-order valence-electron chi connectivity index (χ3n) is 5.31. The molecule has 0 aliphatic rings. The number of anilines is 1. The monoisotopic (exact) mass is 430 g/mol. The van der Waals surface area contributed by atoms with Crippen LogP contribution >= 0.6 is 11.3 Å². The van der Waals surface area contributed by atoms with E-state index in [0.717, 1.165) is 43.8 Å². The Bertz CT molecular complexity index is 1440. The number of rotatable bonds is 3. The molecule has 0 saturated heterocycles. The first-order valence-corrected chi connectivity index (χ1v) is 10.9. The first-order valence-electron chi connectivity index (χ1n) is 9.99. The molecule has 0 aliphatic carbocycles. The summed E-state index contributed by atoms with van der Waals surface area (Å²) in [5.74, 6) is -0.236. The molecule has 0 bridgehead atoms. The molecule has 0 atom stereocenters. The van der Waals surface area contributed by atoms with Crippen LogP contribution in [0.5, 0.6) is 0 Å². The molecular formula is C23H22N6OS. The molecule has 156 valence electrons. The minimum atomic E-state index is -0.236. The average Bonchev–Trinajstić information content (AvgIpc) is 3.45. The van der Waals surface area contributed by atoms with E-state index in [0.29, 0.717) is 11.4 Å². The number of fused-ring (bicyclic) bond motifs is 2. The Kier molecular flexibility index (Phi) is 4.40. The van der Waals surface area contributed by atoms with Gasteiger partial charge in [0.25, 0.3) is 5.91 Å². The lowest BCUT2D eigenvalue weighted by Gasteiger charge is -2.15. The van der Waals surface area contributed by atoms with Crippen LogP contribution in [0, 0.1) is 6.92 Å². The number of nitrogens with one attached hydrogen (secondary N) is 3. The molecule has 3 N–H and O–H groups in total. The number of amides is 1. The molecule has 7 nitrogen and oxygen atoms in total. The van der Waals surface area contributed by atoms with E-state index in [4.69, 9.17) is 0 Å². The Morgan fingerprint density at radius 2 is 2.00 bits per heavy atom. The minimum absolute atomic E-state index is 0.0178. The maximum atomic E-state index is 12.8. The summed E-state index contributed by atoms with van der Waals surface area (Å²) in [4.78, 5) is 25.0. The van der Waals surface area contributed by atoms with Crippen LogP contribution in [-0.2, 0) is 5.41 Å². The number of nitrogens with zero attached hydrogens (tertiary/aromatic N) is 3. The third-order valence-corrected chi connectivity index (χ3v) is 6.08. The molecule has 8 heteroatoms. The second-order valence-electron chi connectivity index (χ2n) is 8.61. The van der Waals surface area contributed by atoms with Crippen molar-refractivity contribution in [2.24, 2.45) is 0 Å². The lowest BCUT2D eigenvalue weighted by atomic mass is 9.92. The Morgan fingerprint density at radius 1 is 1.16 bits per heavy atom. The zero-order chi connectivity index (χ0) is 21.8. The Balaban J connectivity index is 1.63. The maximum absolute atomic E-state index is 12.8. The quantitative estimate of drug-likeness (QED) is 0.356. The van der Waals surface area contributed by atoms with Crippen molar-refractivity contribution in [2.45, 2.75) is 33.1 Å². The van der Waals surface area contributed by atoms with E-state index in [1.165, 1.54) is 11.3 Å². The van der Waals surface area contributed by atoms with E-state index >= 15 is 0 Å². The first kappa shape index (κ1) is 19.4. The van der Waals surface area contributed by atoms with Gasteiger partial charge in [-0.25, -0.2) is 9.97 Å². The van der Waals surface area contributed by atoms with Gasteiger partial charge in [0.15, 0.2) is 0 Å². The number of carbonyl (C=O) groups is 1. The third kappa shape index (κ3) is 3.48. The van der Waals surface area contributed by atoms with Gasteiger partial charge in [-0.05, 0) is 42.3 Å². The Labute approximate surface area is 182 Å². The summed E-state index contributed by atoms with van der Waals surface area (Å²) < 4.78 is 0. The zero-order valence-electron chi connectivity index (χ0n) is 17.7. The molecule has 4 heterocycles. The van der Waals surface area contributed by atoms with Crippen LogP contribution in [-0.4, -0.2) is 31.1 Å². The van der Waals surface area contributed by atoms with Crippen molar-refractivity contribution in [1.29, 1.82) is 0 Å². The normalized spacial score (nSPS) is 12.0. The van der Waals surface area contributed by atoms with Crippen molar-refractivity contribution in [3.05, 3.63) is 58.4 Å². The molecule has 0 unspecified atom stereocenters. The van der Waals surface area contributed by atoms with Crippen LogP contribution in [0.15, 0.2) is 42.0 Å². The molecule has 0 fully saturated rings. The minimum Gasteiger partial charge on any atom is -0.343 e. The second-order valence-corrected chi connectivity index (χ2v) is 9.68. The van der Waals surface area contributed by atoms with E-state index in [9.17, 15) is 4.79 Å². The van der Waals surface area contributed by atoms with Gasteiger partial charge in [-0.2, -0.15) is 5.10 Å². The van der Waals surface area contributed by atoms with Gasteiger partial charge < -0.3 is 10.3 Å². The lowest BCUT2D eigenvalue weighted by molar-refractivity contribution is 0.102. The summed E-state index contributed by atoms with van der Waals surface area (Å²) in [5, 5.41) is 14.7. The highest BCUT2D eigenvalue weighted by molar-refractivity contribution is 7.09. The predicted molar refractivity (Wildman–Crippen MR) is 125 cm³/mol. The molecule has 0 spiro atoms. The van der Waals surface area contributed by atoms with Gasteiger partial charge in [0, 0.05) is 33.5 Å². The number of hydrogen-bond acceptors (Lipinski definition) is 5. The molecule has 0 saturated carbocycles. The topological polar surface area (TPSA) is 99.4 Å². The number of carbonyl (C=O) groups excluding carboxylic acids is 1. The van der Waals surface area contributed by atoms with Gasteiger partial charge in [0.05, 0.1) is 22.4 Å². The summed E-state index contributed by atoms with van der Waals surface area (Å²) in [6, 6.07) is 8.18. The van der Waals surface area contributed by atoms with E-state index in [-0.39, 0.29) is 11.3 Å². The fourth-order valence-electron chi connectivity index (χ4n) is 3.65.